The van der Waals surface area contributed by atoms with Crippen molar-refractivity contribution in [2.75, 3.05) is 26.2 Å². The van der Waals surface area contributed by atoms with Gasteiger partial charge in [0.15, 0.2) is 0 Å². The fourth-order valence-corrected chi connectivity index (χ4v) is 4.62. The first-order valence-corrected chi connectivity index (χ1v) is 12.4. The van der Waals surface area contributed by atoms with Crippen LogP contribution in [0.5, 0.6) is 0 Å². The lowest BCUT2D eigenvalue weighted by atomic mass is 9.72. The molecule has 1 spiro atoms. The number of nitrogens with one attached hydrogen (secondary N) is 2. The number of benzene rings is 1. The van der Waals surface area contributed by atoms with Gasteiger partial charge in [-0.3, -0.25) is 14.3 Å². The zero-order chi connectivity index (χ0) is 28.9. The third-order valence-corrected chi connectivity index (χ3v) is 6.81. The maximum atomic E-state index is 13.2. The summed E-state index contributed by atoms with van der Waals surface area (Å²) in [5, 5.41) is 25.9. The van der Waals surface area contributed by atoms with Crippen molar-refractivity contribution < 1.29 is 32.7 Å². The highest BCUT2D eigenvalue weighted by Gasteiger charge is 2.54. The van der Waals surface area contributed by atoms with Crippen molar-refractivity contribution in [1.82, 2.24) is 35.5 Å². The number of halogens is 3. The molecule has 2 amide bonds. The molecule has 0 aliphatic carbocycles. The van der Waals surface area contributed by atoms with Crippen LogP contribution < -0.4 is 10.6 Å². The van der Waals surface area contributed by atoms with E-state index in [1.54, 1.807) is 22.0 Å². The van der Waals surface area contributed by atoms with Crippen molar-refractivity contribution in [3.63, 3.8) is 0 Å². The van der Waals surface area contributed by atoms with Crippen LogP contribution in [0.25, 0.3) is 0 Å². The molecule has 0 radical (unpaired) electrons. The van der Waals surface area contributed by atoms with Gasteiger partial charge in [0.25, 0.3) is 5.91 Å². The molecule has 2 aliphatic heterocycles. The van der Waals surface area contributed by atoms with Crippen molar-refractivity contribution in [2.24, 2.45) is 11.3 Å². The van der Waals surface area contributed by atoms with Crippen LogP contribution in [0.1, 0.15) is 27.3 Å². The van der Waals surface area contributed by atoms with Crippen molar-refractivity contribution in [2.45, 2.75) is 26.2 Å². The van der Waals surface area contributed by atoms with E-state index >= 15 is 0 Å². The van der Waals surface area contributed by atoms with Gasteiger partial charge in [-0.25, -0.2) is 4.79 Å². The van der Waals surface area contributed by atoms with Gasteiger partial charge in [0.1, 0.15) is 0 Å². The van der Waals surface area contributed by atoms with Crippen LogP contribution in [0.4, 0.5) is 13.2 Å². The summed E-state index contributed by atoms with van der Waals surface area (Å²) in [6, 6.07) is 13.7. The lowest BCUT2D eigenvalue weighted by molar-refractivity contribution is -0.192. The highest BCUT2D eigenvalue weighted by Crippen LogP contribution is 2.40. The van der Waals surface area contributed by atoms with Crippen LogP contribution in [0.2, 0.25) is 0 Å². The summed E-state index contributed by atoms with van der Waals surface area (Å²) in [5.74, 6) is -3.15. The lowest BCUT2D eigenvalue weighted by Crippen LogP contribution is -2.60. The Balaban J connectivity index is 0.000000470. The zero-order valence-corrected chi connectivity index (χ0v) is 21.6. The summed E-state index contributed by atoms with van der Waals surface area (Å²) in [7, 11) is 0. The molecule has 0 unspecified atom stereocenters. The molecular formula is C26H28F3N7O4. The first-order chi connectivity index (χ1) is 19.0. The molecule has 2 aliphatic rings. The second kappa shape index (κ2) is 11.8. The number of carboxylic acid groups (broad SMARTS) is 1. The molecule has 11 nitrogen and oxygen atoms in total. The summed E-state index contributed by atoms with van der Waals surface area (Å²) in [6.07, 6.45) is -1.69. The molecule has 3 aromatic rings. The van der Waals surface area contributed by atoms with Gasteiger partial charge in [0.2, 0.25) is 5.91 Å². The highest BCUT2D eigenvalue weighted by atomic mass is 19.4. The molecule has 2 saturated heterocycles. The van der Waals surface area contributed by atoms with E-state index in [-0.39, 0.29) is 23.1 Å². The fourth-order valence-electron chi connectivity index (χ4n) is 4.62. The average molecular weight is 560 g/mol. The molecular weight excluding hydrogens is 531 g/mol. The summed E-state index contributed by atoms with van der Waals surface area (Å²) in [6.45, 7) is 5.22. The van der Waals surface area contributed by atoms with E-state index in [4.69, 9.17) is 9.90 Å². The number of carboxylic acids is 1. The van der Waals surface area contributed by atoms with Crippen molar-refractivity contribution in [3.05, 3.63) is 77.4 Å². The summed E-state index contributed by atoms with van der Waals surface area (Å²) in [5.41, 5.74) is 2.99. The minimum atomic E-state index is -5.08. The van der Waals surface area contributed by atoms with Gasteiger partial charge in [-0.05, 0) is 24.6 Å². The number of rotatable bonds is 6. The van der Waals surface area contributed by atoms with E-state index in [0.717, 1.165) is 24.3 Å². The van der Waals surface area contributed by atoms with Gasteiger partial charge in [-0.15, -0.1) is 0 Å². The molecule has 0 bridgehead atoms. The minimum Gasteiger partial charge on any atom is -0.475 e. The second-order valence-electron chi connectivity index (χ2n) is 9.80. The molecule has 2 fully saturated rings. The van der Waals surface area contributed by atoms with Gasteiger partial charge >= 0.3 is 12.1 Å². The summed E-state index contributed by atoms with van der Waals surface area (Å²) in [4.78, 5) is 37.0. The number of aromatic nitrogens is 4. The standard InChI is InChI=1S/C24H27N7O2.C2HF3O2/c1-17-7-8-20(29-28-17)10-26-22(32)21-13-30(16-24(21)14-25-15-24)23(33)19-9-27-31(12-19)11-18-5-3-2-4-6-18;3-2(4,5)1(6)7/h2-9,12,21,25H,10-11,13-16H2,1H3,(H,26,32);(H,6,7)/t21-;/m0./s1. The van der Waals surface area contributed by atoms with Gasteiger partial charge < -0.3 is 20.6 Å². The number of alkyl halides is 3. The Kier molecular flexibility index (Phi) is 8.47. The lowest BCUT2D eigenvalue weighted by Gasteiger charge is -2.42. The molecule has 2 aromatic heterocycles. The molecule has 14 heteroatoms. The Bertz CT molecular complexity index is 1340. The summed E-state index contributed by atoms with van der Waals surface area (Å²) >= 11 is 0. The molecule has 1 aromatic carbocycles. The van der Waals surface area contributed by atoms with Crippen LogP contribution in [-0.4, -0.2) is 80.1 Å². The van der Waals surface area contributed by atoms with Crippen molar-refractivity contribution in [3.8, 4) is 0 Å². The monoisotopic (exact) mass is 559 g/mol. The Labute approximate surface area is 227 Å². The van der Waals surface area contributed by atoms with Crippen LogP contribution >= 0.6 is 0 Å². The van der Waals surface area contributed by atoms with Crippen LogP contribution in [0, 0.1) is 18.3 Å². The fraction of sp³-hybridized carbons (Fsp3) is 0.385. The SMILES string of the molecule is Cc1ccc(CNC(=O)[C@@H]2CN(C(=O)c3cnn(Cc4ccccc4)c3)CC23CNC3)nn1.O=C(O)C(F)(F)F. The van der Waals surface area contributed by atoms with Gasteiger partial charge in [-0.1, -0.05) is 30.3 Å². The molecule has 5 rings (SSSR count). The van der Waals surface area contributed by atoms with E-state index in [0.29, 0.717) is 37.4 Å². The number of nitrogens with zero attached hydrogens (tertiary/aromatic N) is 5. The topological polar surface area (TPSA) is 142 Å². The largest absolute Gasteiger partial charge is 0.490 e. The Morgan fingerprint density at radius 2 is 1.82 bits per heavy atom. The number of amides is 2. The van der Waals surface area contributed by atoms with E-state index in [9.17, 15) is 22.8 Å². The number of aryl methyl sites for hydroxylation is 1. The van der Waals surface area contributed by atoms with Crippen LogP contribution in [-0.2, 0) is 22.7 Å². The maximum Gasteiger partial charge on any atom is 0.490 e. The Morgan fingerprint density at radius 3 is 2.40 bits per heavy atom. The van der Waals surface area contributed by atoms with E-state index < -0.39 is 12.1 Å². The summed E-state index contributed by atoms with van der Waals surface area (Å²) < 4.78 is 33.5. The number of carbonyl (C=O) groups excluding carboxylic acids is 2. The molecule has 3 N–H and O–H groups in total. The van der Waals surface area contributed by atoms with Gasteiger partial charge in [0, 0.05) is 37.8 Å². The number of carbonyl (C=O) groups is 3. The van der Waals surface area contributed by atoms with E-state index in [2.05, 4.69) is 25.9 Å². The van der Waals surface area contributed by atoms with Crippen molar-refractivity contribution >= 4 is 17.8 Å². The molecule has 212 valence electrons. The Hall–Kier alpha value is -4.33. The van der Waals surface area contributed by atoms with Crippen LogP contribution in [0.15, 0.2) is 54.9 Å². The number of hydrogen-bond donors (Lipinski definition) is 3. The molecule has 40 heavy (non-hydrogen) atoms. The third-order valence-electron chi connectivity index (χ3n) is 6.81. The quantitative estimate of drug-likeness (QED) is 0.414. The third kappa shape index (κ3) is 6.81. The first-order valence-electron chi connectivity index (χ1n) is 12.4. The first kappa shape index (κ1) is 28.7. The predicted octanol–water partition coefficient (Wildman–Crippen LogP) is 1.64. The number of hydrogen-bond acceptors (Lipinski definition) is 7. The van der Waals surface area contributed by atoms with E-state index in [1.807, 2.05) is 49.4 Å². The van der Waals surface area contributed by atoms with Gasteiger partial charge in [-0.2, -0.15) is 28.5 Å². The van der Waals surface area contributed by atoms with Crippen molar-refractivity contribution in [1.29, 1.82) is 0 Å². The van der Waals surface area contributed by atoms with Gasteiger partial charge in [0.05, 0.1) is 42.2 Å². The zero-order valence-electron chi connectivity index (χ0n) is 21.6. The predicted molar refractivity (Wildman–Crippen MR) is 135 cm³/mol. The minimum absolute atomic E-state index is 0.0473. The van der Waals surface area contributed by atoms with Crippen LogP contribution in [0.3, 0.4) is 0 Å². The Morgan fingerprint density at radius 1 is 1.12 bits per heavy atom. The van der Waals surface area contributed by atoms with E-state index in [1.165, 1.54) is 0 Å². The molecule has 0 saturated carbocycles. The second-order valence-corrected chi connectivity index (χ2v) is 9.80. The maximum absolute atomic E-state index is 13.2. The molecule has 4 heterocycles. The average Bonchev–Trinajstić information content (AvgIpc) is 3.54. The smallest absolute Gasteiger partial charge is 0.475 e. The number of likely N-dealkylation sites (tertiary alicyclic amines) is 1. The number of aliphatic carboxylic acids is 1. The molecule has 1 atom stereocenters. The normalized spacial score (nSPS) is 17.5. The highest BCUT2D eigenvalue weighted by molar-refractivity contribution is 5.95.